The molecule has 0 aliphatic carbocycles. The van der Waals surface area contributed by atoms with Crippen LogP contribution in [0.5, 0.6) is 0 Å². The van der Waals surface area contributed by atoms with Gasteiger partial charge in [0.15, 0.2) is 5.65 Å². The standard InChI is InChI=1S/C14H13N5/c15-12-4-3-11-14(18-12)19-13(17-11)9-1-2-10-8(7-9)5-6-16-10/h1-4,7,16H,5-6H2,(H3,15,17,18,19). The molecule has 3 heterocycles. The van der Waals surface area contributed by atoms with Crippen LogP contribution < -0.4 is 11.1 Å². The van der Waals surface area contributed by atoms with Crippen LogP contribution in [-0.4, -0.2) is 21.5 Å². The Labute approximate surface area is 109 Å². The Kier molecular flexibility index (Phi) is 2.03. The van der Waals surface area contributed by atoms with Crippen LogP contribution in [-0.2, 0) is 6.42 Å². The summed E-state index contributed by atoms with van der Waals surface area (Å²) in [5.74, 6) is 1.33. The van der Waals surface area contributed by atoms with Crippen LogP contribution in [0.25, 0.3) is 22.6 Å². The summed E-state index contributed by atoms with van der Waals surface area (Å²) in [4.78, 5) is 12.0. The van der Waals surface area contributed by atoms with E-state index in [-0.39, 0.29) is 0 Å². The third kappa shape index (κ3) is 1.62. The molecule has 1 aliphatic rings. The minimum absolute atomic E-state index is 0.490. The number of nitrogens with zero attached hydrogens (tertiary/aromatic N) is 2. The number of imidazole rings is 1. The Morgan fingerprint density at radius 2 is 2.05 bits per heavy atom. The van der Waals surface area contributed by atoms with Gasteiger partial charge in [0.05, 0.1) is 5.52 Å². The average Bonchev–Trinajstić information content (AvgIpc) is 3.02. The summed E-state index contributed by atoms with van der Waals surface area (Å²) in [7, 11) is 0. The maximum Gasteiger partial charge on any atom is 0.180 e. The van der Waals surface area contributed by atoms with E-state index in [1.807, 2.05) is 6.07 Å². The molecule has 0 radical (unpaired) electrons. The van der Waals surface area contributed by atoms with Gasteiger partial charge in [-0.05, 0) is 42.3 Å². The first-order chi connectivity index (χ1) is 9.29. The molecule has 0 amide bonds. The molecule has 0 fully saturated rings. The SMILES string of the molecule is Nc1ccc2[nH]c(-c3ccc4c(c3)CCN4)nc2n1. The highest BCUT2D eigenvalue weighted by Gasteiger charge is 2.12. The van der Waals surface area contributed by atoms with Gasteiger partial charge in [0.1, 0.15) is 11.6 Å². The first-order valence-electron chi connectivity index (χ1n) is 6.29. The molecule has 3 aromatic rings. The molecule has 0 spiro atoms. The van der Waals surface area contributed by atoms with Crippen LogP contribution >= 0.6 is 0 Å². The van der Waals surface area contributed by atoms with Crippen LogP contribution in [0.15, 0.2) is 30.3 Å². The van der Waals surface area contributed by atoms with Crippen molar-refractivity contribution in [2.75, 3.05) is 17.6 Å². The topological polar surface area (TPSA) is 79.6 Å². The van der Waals surface area contributed by atoms with Crippen molar-refractivity contribution < 1.29 is 0 Å². The summed E-state index contributed by atoms with van der Waals surface area (Å²) in [6, 6.07) is 10.0. The number of rotatable bonds is 1. The molecule has 4 rings (SSSR count). The first kappa shape index (κ1) is 10.4. The molecule has 0 bridgehead atoms. The van der Waals surface area contributed by atoms with Crippen molar-refractivity contribution in [2.24, 2.45) is 0 Å². The van der Waals surface area contributed by atoms with E-state index in [0.717, 1.165) is 29.9 Å². The summed E-state index contributed by atoms with van der Waals surface area (Å²) < 4.78 is 0. The number of nitrogen functional groups attached to an aromatic ring is 1. The molecule has 4 N–H and O–H groups in total. The van der Waals surface area contributed by atoms with Crippen molar-refractivity contribution in [1.29, 1.82) is 0 Å². The molecule has 5 heteroatoms. The molecule has 0 saturated heterocycles. The third-order valence-electron chi connectivity index (χ3n) is 3.46. The molecule has 1 aromatic carbocycles. The predicted octanol–water partition coefficient (Wildman–Crippen LogP) is 2.18. The molecule has 2 aromatic heterocycles. The van der Waals surface area contributed by atoms with Gasteiger partial charge in [0, 0.05) is 17.8 Å². The van der Waals surface area contributed by atoms with E-state index in [1.54, 1.807) is 6.07 Å². The molecular formula is C14H13N5. The smallest absolute Gasteiger partial charge is 0.180 e. The predicted molar refractivity (Wildman–Crippen MR) is 75.9 cm³/mol. The summed E-state index contributed by atoms with van der Waals surface area (Å²) in [6.45, 7) is 1.01. The molecule has 5 nitrogen and oxygen atoms in total. The Balaban J connectivity index is 1.85. The molecule has 0 saturated carbocycles. The minimum Gasteiger partial charge on any atom is -0.384 e. The van der Waals surface area contributed by atoms with Crippen LogP contribution in [0.2, 0.25) is 0 Å². The van der Waals surface area contributed by atoms with E-state index in [4.69, 9.17) is 5.73 Å². The molecule has 94 valence electrons. The molecule has 0 unspecified atom stereocenters. The lowest BCUT2D eigenvalue weighted by atomic mass is 10.1. The van der Waals surface area contributed by atoms with Crippen molar-refractivity contribution >= 4 is 22.7 Å². The van der Waals surface area contributed by atoms with Gasteiger partial charge in [-0.3, -0.25) is 0 Å². The highest BCUT2D eigenvalue weighted by atomic mass is 15.0. The zero-order valence-corrected chi connectivity index (χ0v) is 10.3. The van der Waals surface area contributed by atoms with Crippen LogP contribution in [0.1, 0.15) is 5.56 Å². The summed E-state index contributed by atoms with van der Waals surface area (Å²) in [5, 5.41) is 3.35. The van der Waals surface area contributed by atoms with Crippen molar-refractivity contribution in [3.63, 3.8) is 0 Å². The number of aromatic amines is 1. The lowest BCUT2D eigenvalue weighted by Crippen LogP contribution is -1.90. The van der Waals surface area contributed by atoms with Crippen molar-refractivity contribution in [1.82, 2.24) is 15.0 Å². The maximum atomic E-state index is 5.67. The number of nitrogens with one attached hydrogen (secondary N) is 2. The maximum absolute atomic E-state index is 5.67. The van der Waals surface area contributed by atoms with E-state index >= 15 is 0 Å². The number of hydrogen-bond acceptors (Lipinski definition) is 4. The van der Waals surface area contributed by atoms with E-state index in [9.17, 15) is 0 Å². The lowest BCUT2D eigenvalue weighted by Gasteiger charge is -2.01. The number of H-pyrrole nitrogens is 1. The second kappa shape index (κ2) is 3.71. The number of hydrogen-bond donors (Lipinski definition) is 3. The van der Waals surface area contributed by atoms with Gasteiger partial charge in [-0.15, -0.1) is 0 Å². The Morgan fingerprint density at radius 3 is 3.00 bits per heavy atom. The summed E-state index contributed by atoms with van der Waals surface area (Å²) in [6.07, 6.45) is 1.06. The summed E-state index contributed by atoms with van der Waals surface area (Å²) in [5.41, 5.74) is 10.9. The molecule has 19 heavy (non-hydrogen) atoms. The van der Waals surface area contributed by atoms with Crippen molar-refractivity contribution in [2.45, 2.75) is 6.42 Å². The second-order valence-electron chi connectivity index (χ2n) is 4.74. The normalized spacial score (nSPS) is 13.5. The Bertz CT molecular complexity index is 775. The largest absolute Gasteiger partial charge is 0.384 e. The summed E-state index contributed by atoms with van der Waals surface area (Å²) >= 11 is 0. The van der Waals surface area contributed by atoms with Gasteiger partial charge in [-0.25, -0.2) is 9.97 Å². The quantitative estimate of drug-likeness (QED) is 0.619. The number of aromatic nitrogens is 3. The highest BCUT2D eigenvalue weighted by molar-refractivity contribution is 5.78. The molecule has 1 aliphatic heterocycles. The van der Waals surface area contributed by atoms with Crippen molar-refractivity contribution in [3.05, 3.63) is 35.9 Å². The second-order valence-corrected chi connectivity index (χ2v) is 4.74. The van der Waals surface area contributed by atoms with E-state index < -0.39 is 0 Å². The number of benzene rings is 1. The fourth-order valence-corrected chi connectivity index (χ4v) is 2.50. The number of anilines is 2. The molecular weight excluding hydrogens is 238 g/mol. The van der Waals surface area contributed by atoms with Gasteiger partial charge in [0.2, 0.25) is 0 Å². The van der Waals surface area contributed by atoms with Gasteiger partial charge >= 0.3 is 0 Å². The Morgan fingerprint density at radius 1 is 1.11 bits per heavy atom. The van der Waals surface area contributed by atoms with Crippen LogP contribution in [0.3, 0.4) is 0 Å². The van der Waals surface area contributed by atoms with E-state index in [2.05, 4.69) is 38.5 Å². The highest BCUT2D eigenvalue weighted by Crippen LogP contribution is 2.28. The van der Waals surface area contributed by atoms with Crippen molar-refractivity contribution in [3.8, 4) is 11.4 Å². The van der Waals surface area contributed by atoms with E-state index in [1.165, 1.54) is 11.3 Å². The zero-order chi connectivity index (χ0) is 12.8. The number of fused-ring (bicyclic) bond motifs is 2. The van der Waals surface area contributed by atoms with Crippen LogP contribution in [0, 0.1) is 0 Å². The minimum atomic E-state index is 0.490. The Hall–Kier alpha value is -2.56. The van der Waals surface area contributed by atoms with E-state index in [0.29, 0.717) is 11.5 Å². The zero-order valence-electron chi connectivity index (χ0n) is 10.3. The fourth-order valence-electron chi connectivity index (χ4n) is 2.50. The lowest BCUT2D eigenvalue weighted by molar-refractivity contribution is 1.11. The average molecular weight is 251 g/mol. The third-order valence-corrected chi connectivity index (χ3v) is 3.46. The number of pyridine rings is 1. The van der Waals surface area contributed by atoms with Gasteiger partial charge < -0.3 is 16.0 Å². The van der Waals surface area contributed by atoms with Gasteiger partial charge in [-0.2, -0.15) is 0 Å². The van der Waals surface area contributed by atoms with Crippen LogP contribution in [0.4, 0.5) is 11.5 Å². The van der Waals surface area contributed by atoms with Gasteiger partial charge in [-0.1, -0.05) is 0 Å². The first-order valence-corrected chi connectivity index (χ1v) is 6.29. The molecule has 0 atom stereocenters. The van der Waals surface area contributed by atoms with Gasteiger partial charge in [0.25, 0.3) is 0 Å². The number of nitrogens with two attached hydrogens (primary N) is 1. The monoisotopic (exact) mass is 251 g/mol. The fraction of sp³-hybridized carbons (Fsp3) is 0.143.